The predicted octanol–water partition coefficient (Wildman–Crippen LogP) is 4.31. The van der Waals surface area contributed by atoms with E-state index >= 15 is 0 Å². The van der Waals surface area contributed by atoms with Crippen molar-refractivity contribution in [2.24, 2.45) is 0 Å². The number of amides is 2. The van der Waals surface area contributed by atoms with Crippen LogP contribution in [-0.2, 0) is 14.3 Å². The highest BCUT2D eigenvalue weighted by Gasteiger charge is 2.30. The summed E-state index contributed by atoms with van der Waals surface area (Å²) in [4.78, 5) is 35.5. The smallest absolute Gasteiger partial charge is 0.407 e. The number of rotatable bonds is 11. The number of hydrogen-bond acceptors (Lipinski definition) is 4. The molecule has 2 amide bonds. The quantitative estimate of drug-likeness (QED) is 0.450. The van der Waals surface area contributed by atoms with Crippen molar-refractivity contribution >= 4 is 18.0 Å². The van der Waals surface area contributed by atoms with Gasteiger partial charge in [-0.3, -0.25) is 9.59 Å². The summed E-state index contributed by atoms with van der Waals surface area (Å²) in [5, 5.41) is 13.5. The van der Waals surface area contributed by atoms with Crippen molar-refractivity contribution < 1.29 is 33.0 Å². The number of aliphatic carboxylic acids is 1. The van der Waals surface area contributed by atoms with Crippen LogP contribution in [0.1, 0.15) is 49.7 Å². The van der Waals surface area contributed by atoms with Crippen LogP contribution in [0.3, 0.4) is 0 Å². The molecule has 7 nitrogen and oxygen atoms in total. The van der Waals surface area contributed by atoms with Gasteiger partial charge in [-0.05, 0) is 42.0 Å². The third kappa shape index (κ3) is 6.52. The minimum absolute atomic E-state index is 0.00549. The molecule has 0 spiro atoms. The van der Waals surface area contributed by atoms with Gasteiger partial charge < -0.3 is 20.5 Å². The number of alkyl carbamates (subject to hydrolysis) is 1. The molecule has 0 aliphatic heterocycles. The summed E-state index contributed by atoms with van der Waals surface area (Å²) in [6, 6.07) is 13.7. The Labute approximate surface area is 196 Å². The minimum atomic E-state index is -2.81. The normalized spacial score (nSPS) is 14.1. The fraction of sp³-hybridized carbons (Fsp3) is 0.400. The van der Waals surface area contributed by atoms with Crippen LogP contribution in [-0.4, -0.2) is 48.2 Å². The Morgan fingerprint density at radius 3 is 2.15 bits per heavy atom. The summed E-state index contributed by atoms with van der Waals surface area (Å²) in [6.45, 7) is 1.64. The third-order valence-corrected chi connectivity index (χ3v) is 5.78. The number of halogens is 2. The molecule has 0 heterocycles. The second kappa shape index (κ2) is 11.6. The second-order valence-corrected chi connectivity index (χ2v) is 8.34. The second-order valence-electron chi connectivity index (χ2n) is 8.34. The highest BCUT2D eigenvalue weighted by molar-refractivity contribution is 5.86. The monoisotopic (exact) mass is 474 g/mol. The summed E-state index contributed by atoms with van der Waals surface area (Å²) in [7, 11) is 0. The molecule has 2 atom stereocenters. The number of carboxylic acids is 1. The van der Waals surface area contributed by atoms with E-state index in [1.807, 2.05) is 48.5 Å². The molecular formula is C25H28F2N2O5. The Morgan fingerprint density at radius 2 is 1.59 bits per heavy atom. The Hall–Kier alpha value is -3.49. The van der Waals surface area contributed by atoms with Crippen LogP contribution < -0.4 is 10.6 Å². The molecule has 9 heteroatoms. The van der Waals surface area contributed by atoms with Crippen LogP contribution in [0.4, 0.5) is 13.6 Å². The van der Waals surface area contributed by atoms with Crippen molar-refractivity contribution in [1.82, 2.24) is 10.6 Å². The number of fused-ring (bicyclic) bond motifs is 3. The fourth-order valence-electron chi connectivity index (χ4n) is 4.17. The number of hydrogen-bond donors (Lipinski definition) is 3. The Morgan fingerprint density at radius 1 is 1.00 bits per heavy atom. The summed E-state index contributed by atoms with van der Waals surface area (Å²) >= 11 is 0. The first-order valence-electron chi connectivity index (χ1n) is 11.2. The number of benzene rings is 2. The SMILES string of the molecule is CC(CCCC(=O)O)NC(=O)C(CC(F)F)NC(=O)OCC1c2ccccc2-c2ccccc21. The van der Waals surface area contributed by atoms with Gasteiger partial charge in [0.25, 0.3) is 0 Å². The van der Waals surface area contributed by atoms with E-state index in [2.05, 4.69) is 10.6 Å². The third-order valence-electron chi connectivity index (χ3n) is 5.78. The molecule has 1 aliphatic rings. The van der Waals surface area contributed by atoms with E-state index in [-0.39, 0.29) is 18.9 Å². The average Bonchev–Trinajstić information content (AvgIpc) is 3.10. The number of carbonyl (C=O) groups excluding carboxylic acids is 2. The molecule has 34 heavy (non-hydrogen) atoms. The number of carboxylic acid groups (broad SMARTS) is 1. The Balaban J connectivity index is 1.59. The molecule has 0 saturated heterocycles. The molecule has 0 radical (unpaired) electrons. The van der Waals surface area contributed by atoms with Gasteiger partial charge in [0.2, 0.25) is 12.3 Å². The predicted molar refractivity (Wildman–Crippen MR) is 122 cm³/mol. The molecule has 3 N–H and O–H groups in total. The van der Waals surface area contributed by atoms with Crippen molar-refractivity contribution in [2.75, 3.05) is 6.61 Å². The van der Waals surface area contributed by atoms with Gasteiger partial charge in [-0.2, -0.15) is 0 Å². The van der Waals surface area contributed by atoms with Gasteiger partial charge >= 0.3 is 12.1 Å². The van der Waals surface area contributed by atoms with Gasteiger partial charge in [-0.25, -0.2) is 13.6 Å². The molecule has 182 valence electrons. The molecule has 3 rings (SSSR count). The zero-order valence-corrected chi connectivity index (χ0v) is 18.8. The van der Waals surface area contributed by atoms with Gasteiger partial charge in [0.15, 0.2) is 0 Å². The first-order valence-corrected chi connectivity index (χ1v) is 11.2. The Kier molecular flexibility index (Phi) is 8.56. The maximum absolute atomic E-state index is 13.0. The first-order chi connectivity index (χ1) is 16.3. The molecule has 0 saturated carbocycles. The molecule has 2 aromatic carbocycles. The zero-order valence-electron chi connectivity index (χ0n) is 18.8. The maximum atomic E-state index is 13.0. The van der Waals surface area contributed by atoms with Crippen molar-refractivity contribution in [1.29, 1.82) is 0 Å². The number of ether oxygens (including phenoxy) is 1. The molecular weight excluding hydrogens is 446 g/mol. The zero-order chi connectivity index (χ0) is 24.7. The standard InChI is InChI=1S/C25H28F2N2O5/c1-15(7-6-12-23(30)31)28-24(32)21(13-22(26)27)29-25(33)34-14-20-18-10-4-2-8-16(18)17-9-3-5-11-19(17)20/h2-5,8-11,15,20-22H,6-7,12-14H2,1H3,(H,28,32)(H,29,33)(H,30,31). The molecule has 2 unspecified atom stereocenters. The van der Waals surface area contributed by atoms with Crippen molar-refractivity contribution in [3.05, 3.63) is 59.7 Å². The van der Waals surface area contributed by atoms with Gasteiger partial charge in [-0.15, -0.1) is 0 Å². The lowest BCUT2D eigenvalue weighted by atomic mass is 9.98. The summed E-state index contributed by atoms with van der Waals surface area (Å²) in [6.07, 6.45) is -4.00. The first kappa shape index (κ1) is 25.1. The molecule has 0 aromatic heterocycles. The lowest BCUT2D eigenvalue weighted by Gasteiger charge is -2.21. The maximum Gasteiger partial charge on any atom is 0.407 e. The van der Waals surface area contributed by atoms with Crippen LogP contribution in [0.5, 0.6) is 0 Å². The van der Waals surface area contributed by atoms with E-state index < -0.39 is 42.9 Å². The van der Waals surface area contributed by atoms with Gasteiger partial charge in [0.1, 0.15) is 12.6 Å². The van der Waals surface area contributed by atoms with Crippen LogP contribution in [0.15, 0.2) is 48.5 Å². The topological polar surface area (TPSA) is 105 Å². The highest BCUT2D eigenvalue weighted by atomic mass is 19.3. The van der Waals surface area contributed by atoms with E-state index in [9.17, 15) is 23.2 Å². The van der Waals surface area contributed by atoms with Gasteiger partial charge in [0.05, 0.1) is 0 Å². The summed E-state index contributed by atoms with van der Waals surface area (Å²) < 4.78 is 31.5. The number of carbonyl (C=O) groups is 3. The van der Waals surface area contributed by atoms with Gasteiger partial charge in [0, 0.05) is 24.8 Å². The lowest BCUT2D eigenvalue weighted by Crippen LogP contribution is -2.50. The fourth-order valence-corrected chi connectivity index (χ4v) is 4.17. The van der Waals surface area contributed by atoms with E-state index in [0.29, 0.717) is 12.8 Å². The molecule has 0 bridgehead atoms. The number of alkyl halides is 2. The van der Waals surface area contributed by atoms with E-state index in [1.165, 1.54) is 0 Å². The lowest BCUT2D eigenvalue weighted by molar-refractivity contribution is -0.137. The van der Waals surface area contributed by atoms with Crippen LogP contribution in [0.2, 0.25) is 0 Å². The Bertz CT molecular complexity index is 984. The van der Waals surface area contributed by atoms with Crippen molar-refractivity contribution in [3.63, 3.8) is 0 Å². The van der Waals surface area contributed by atoms with E-state index in [0.717, 1.165) is 22.3 Å². The van der Waals surface area contributed by atoms with Crippen LogP contribution >= 0.6 is 0 Å². The molecule has 0 fully saturated rings. The summed E-state index contributed by atoms with van der Waals surface area (Å²) in [5.41, 5.74) is 4.13. The molecule has 1 aliphatic carbocycles. The van der Waals surface area contributed by atoms with E-state index in [1.54, 1.807) is 6.92 Å². The van der Waals surface area contributed by atoms with Crippen molar-refractivity contribution in [3.8, 4) is 11.1 Å². The average molecular weight is 475 g/mol. The van der Waals surface area contributed by atoms with E-state index in [4.69, 9.17) is 9.84 Å². The van der Waals surface area contributed by atoms with Gasteiger partial charge in [-0.1, -0.05) is 48.5 Å². The van der Waals surface area contributed by atoms with Crippen LogP contribution in [0.25, 0.3) is 11.1 Å². The highest BCUT2D eigenvalue weighted by Crippen LogP contribution is 2.44. The minimum Gasteiger partial charge on any atom is -0.481 e. The van der Waals surface area contributed by atoms with Crippen molar-refractivity contribution in [2.45, 2.75) is 57.0 Å². The molecule has 2 aromatic rings. The summed E-state index contributed by atoms with van der Waals surface area (Å²) in [5.74, 6) is -1.92. The largest absolute Gasteiger partial charge is 0.481 e. The van der Waals surface area contributed by atoms with Crippen LogP contribution in [0, 0.1) is 0 Å². The number of nitrogens with one attached hydrogen (secondary N) is 2.